The molecule has 0 unspecified atom stereocenters. The molecule has 0 amide bonds. The van der Waals surface area contributed by atoms with E-state index < -0.39 is 0 Å². The second-order valence-electron chi connectivity index (χ2n) is 4.09. The van der Waals surface area contributed by atoms with Gasteiger partial charge in [0.15, 0.2) is 0 Å². The molecule has 0 aliphatic heterocycles. The van der Waals surface area contributed by atoms with Crippen molar-refractivity contribution in [2.45, 2.75) is 25.7 Å². The molecule has 1 aromatic rings. The lowest BCUT2D eigenvalue weighted by Gasteiger charge is -2.19. The van der Waals surface area contributed by atoms with Gasteiger partial charge in [-0.3, -0.25) is 4.98 Å². The lowest BCUT2D eigenvalue weighted by Crippen LogP contribution is -2.09. The minimum Gasteiger partial charge on any atom is -0.495 e. The zero-order valence-corrected chi connectivity index (χ0v) is 9.99. The molecular formula is C13H17N3O. The van der Waals surface area contributed by atoms with E-state index in [0.29, 0.717) is 0 Å². The normalized spacial score (nSPS) is 15.6. The van der Waals surface area contributed by atoms with Gasteiger partial charge >= 0.3 is 0 Å². The molecule has 4 heteroatoms. The molecule has 0 saturated heterocycles. The van der Waals surface area contributed by atoms with Gasteiger partial charge in [-0.15, -0.1) is 0 Å². The number of methoxy groups -OCH3 is 1. The van der Waals surface area contributed by atoms with Crippen molar-refractivity contribution in [3.05, 3.63) is 29.7 Å². The zero-order chi connectivity index (χ0) is 12.1. The predicted octanol–water partition coefficient (Wildman–Crippen LogP) is 2.98. The summed E-state index contributed by atoms with van der Waals surface area (Å²) in [5, 5.41) is 10.8. The highest BCUT2D eigenvalue weighted by Crippen LogP contribution is 2.25. The Morgan fingerprint density at radius 2 is 2.18 bits per heavy atom. The van der Waals surface area contributed by atoms with Crippen LogP contribution in [0.25, 0.3) is 0 Å². The van der Waals surface area contributed by atoms with E-state index in [-0.39, 0.29) is 0 Å². The maximum atomic E-state index is 7.41. The van der Waals surface area contributed by atoms with Gasteiger partial charge in [0.1, 0.15) is 5.75 Å². The lowest BCUT2D eigenvalue weighted by atomic mass is 9.97. The number of rotatable bonds is 4. The van der Waals surface area contributed by atoms with E-state index in [2.05, 4.69) is 10.3 Å². The molecule has 0 radical (unpaired) electrons. The van der Waals surface area contributed by atoms with E-state index in [4.69, 9.17) is 10.1 Å². The lowest BCUT2D eigenvalue weighted by molar-refractivity contribution is 0.413. The third-order valence-corrected chi connectivity index (χ3v) is 2.93. The second-order valence-corrected chi connectivity index (χ2v) is 4.09. The van der Waals surface area contributed by atoms with Gasteiger partial charge in [-0.2, -0.15) is 0 Å². The summed E-state index contributed by atoms with van der Waals surface area (Å²) in [5.74, 6) is 0.739. The summed E-state index contributed by atoms with van der Waals surface area (Å²) in [6.07, 6.45) is 9.24. The van der Waals surface area contributed by atoms with Crippen molar-refractivity contribution >= 4 is 11.9 Å². The summed E-state index contributed by atoms with van der Waals surface area (Å²) in [6.45, 7) is 0. The maximum Gasteiger partial charge on any atom is 0.139 e. The van der Waals surface area contributed by atoms with Gasteiger partial charge < -0.3 is 15.5 Å². The summed E-state index contributed by atoms with van der Waals surface area (Å²) in [5.41, 5.74) is 3.15. The van der Waals surface area contributed by atoms with E-state index in [1.54, 1.807) is 19.5 Å². The summed E-state index contributed by atoms with van der Waals surface area (Å²) in [7, 11) is 1.63. The van der Waals surface area contributed by atoms with Crippen molar-refractivity contribution in [1.29, 1.82) is 5.41 Å². The quantitative estimate of drug-likeness (QED) is 0.783. The Morgan fingerprint density at radius 1 is 1.35 bits per heavy atom. The first kappa shape index (κ1) is 11.6. The Labute approximate surface area is 101 Å². The molecule has 0 aromatic carbocycles. The average Bonchev–Trinajstić information content (AvgIpc) is 2.39. The molecule has 1 heterocycles. The number of allylic oxidation sites excluding steroid dienone is 2. The third-order valence-electron chi connectivity index (χ3n) is 2.93. The van der Waals surface area contributed by atoms with Crippen molar-refractivity contribution in [1.82, 2.24) is 4.98 Å². The molecule has 2 N–H and O–H groups in total. The van der Waals surface area contributed by atoms with Crippen molar-refractivity contribution in [3.8, 4) is 5.75 Å². The molecule has 4 nitrogen and oxygen atoms in total. The summed E-state index contributed by atoms with van der Waals surface area (Å²) < 4.78 is 5.13. The summed E-state index contributed by atoms with van der Waals surface area (Å²) in [4.78, 5) is 4.10. The number of hydrogen-bond acceptors (Lipinski definition) is 4. The predicted molar refractivity (Wildman–Crippen MR) is 68.7 cm³/mol. The van der Waals surface area contributed by atoms with Crippen LogP contribution in [0, 0.1) is 5.41 Å². The first-order valence-electron chi connectivity index (χ1n) is 5.82. The van der Waals surface area contributed by atoms with Gasteiger partial charge in [0.05, 0.1) is 25.2 Å². The Balaban J connectivity index is 2.18. The van der Waals surface area contributed by atoms with Gasteiger partial charge in [0.25, 0.3) is 0 Å². The summed E-state index contributed by atoms with van der Waals surface area (Å²) in [6, 6.07) is 1.91. The molecule has 1 aliphatic carbocycles. The van der Waals surface area contributed by atoms with Gasteiger partial charge in [-0.05, 0) is 31.3 Å². The number of hydrogen-bond donors (Lipinski definition) is 2. The number of nitrogens with one attached hydrogen (secondary N) is 2. The van der Waals surface area contributed by atoms with Crippen LogP contribution in [0.2, 0.25) is 0 Å². The molecule has 0 atom stereocenters. The maximum absolute atomic E-state index is 7.41. The molecule has 0 fully saturated rings. The third kappa shape index (κ3) is 2.84. The fourth-order valence-electron chi connectivity index (χ4n) is 2.00. The van der Waals surface area contributed by atoms with Crippen LogP contribution in [-0.4, -0.2) is 18.3 Å². The fourth-order valence-corrected chi connectivity index (χ4v) is 2.00. The van der Waals surface area contributed by atoms with E-state index in [0.717, 1.165) is 35.5 Å². The summed E-state index contributed by atoms with van der Waals surface area (Å²) >= 11 is 0. The monoisotopic (exact) mass is 231 g/mol. The van der Waals surface area contributed by atoms with Crippen LogP contribution in [0.15, 0.2) is 29.7 Å². The molecular weight excluding hydrogens is 214 g/mol. The van der Waals surface area contributed by atoms with E-state index in [1.807, 2.05) is 6.07 Å². The molecule has 0 saturated carbocycles. The molecule has 1 aliphatic rings. The van der Waals surface area contributed by atoms with E-state index >= 15 is 0 Å². The number of nitrogens with zero attached hydrogens (tertiary/aromatic N) is 1. The molecule has 1 aromatic heterocycles. The average molecular weight is 231 g/mol. The van der Waals surface area contributed by atoms with E-state index in [9.17, 15) is 0 Å². The van der Waals surface area contributed by atoms with Gasteiger partial charge in [-0.25, -0.2) is 0 Å². The smallest absolute Gasteiger partial charge is 0.139 e. The van der Waals surface area contributed by atoms with E-state index in [1.165, 1.54) is 19.1 Å². The topological polar surface area (TPSA) is 58.0 Å². The van der Waals surface area contributed by atoms with Crippen LogP contribution >= 0.6 is 0 Å². The van der Waals surface area contributed by atoms with Crippen molar-refractivity contribution in [2.24, 2.45) is 0 Å². The van der Waals surface area contributed by atoms with Crippen LogP contribution < -0.4 is 10.1 Å². The number of aromatic nitrogens is 1. The Hall–Kier alpha value is -1.84. The van der Waals surface area contributed by atoms with Crippen LogP contribution in [0.3, 0.4) is 0 Å². The minimum atomic E-state index is 0.739. The highest BCUT2D eigenvalue weighted by Gasteiger charge is 2.11. The minimum absolute atomic E-state index is 0.739. The molecule has 90 valence electrons. The van der Waals surface area contributed by atoms with Gasteiger partial charge in [-0.1, -0.05) is 0 Å². The largest absolute Gasteiger partial charge is 0.495 e. The zero-order valence-electron chi connectivity index (χ0n) is 9.99. The molecule has 0 bridgehead atoms. The van der Waals surface area contributed by atoms with Crippen molar-refractivity contribution < 1.29 is 4.74 Å². The van der Waals surface area contributed by atoms with Crippen molar-refractivity contribution in [2.75, 3.05) is 12.4 Å². The number of anilines is 1. The first-order chi connectivity index (χ1) is 8.33. The highest BCUT2D eigenvalue weighted by atomic mass is 16.5. The number of pyridine rings is 1. The first-order valence-corrected chi connectivity index (χ1v) is 5.82. The van der Waals surface area contributed by atoms with Crippen LogP contribution in [-0.2, 0) is 0 Å². The standard InChI is InChI=1S/C13H17N3O/c1-17-12-6-11(8-15-9-12)16-13-5-3-2-4-10(13)7-14/h6-9,14,16H,2-5H2,1H3. The molecule has 0 spiro atoms. The van der Waals surface area contributed by atoms with Crippen LogP contribution in [0.1, 0.15) is 25.7 Å². The number of ether oxygens (including phenoxy) is 1. The Kier molecular flexibility index (Phi) is 3.75. The van der Waals surface area contributed by atoms with Crippen LogP contribution in [0.4, 0.5) is 5.69 Å². The Morgan fingerprint density at radius 3 is 2.94 bits per heavy atom. The Bertz CT molecular complexity index is 440. The van der Waals surface area contributed by atoms with Crippen molar-refractivity contribution in [3.63, 3.8) is 0 Å². The van der Waals surface area contributed by atoms with Gasteiger partial charge in [0.2, 0.25) is 0 Å². The molecule has 17 heavy (non-hydrogen) atoms. The molecule has 2 rings (SSSR count). The highest BCUT2D eigenvalue weighted by molar-refractivity contribution is 5.78. The fraction of sp³-hybridized carbons (Fsp3) is 0.385. The van der Waals surface area contributed by atoms with Crippen LogP contribution in [0.5, 0.6) is 5.75 Å². The van der Waals surface area contributed by atoms with Gasteiger partial charge in [0, 0.05) is 18.0 Å². The SMILES string of the molecule is COc1cncc(NC2=C(C=N)CCCC2)c1. The second kappa shape index (κ2) is 5.48.